The third-order valence-corrected chi connectivity index (χ3v) is 2.83. The fourth-order valence-corrected chi connectivity index (χ4v) is 1.86. The van der Waals surface area contributed by atoms with E-state index in [9.17, 15) is 4.79 Å². The van der Waals surface area contributed by atoms with Crippen LogP contribution in [0, 0.1) is 14.4 Å². The molecule has 0 saturated heterocycles. The van der Waals surface area contributed by atoms with Gasteiger partial charge in [0.2, 0.25) is 5.90 Å². The zero-order valence-electron chi connectivity index (χ0n) is 13.5. The Hall–Kier alpha value is -1.32. The van der Waals surface area contributed by atoms with Crippen LogP contribution < -0.4 is 0 Å². The fourth-order valence-electron chi connectivity index (χ4n) is 1.86. The van der Waals surface area contributed by atoms with Gasteiger partial charge in [-0.25, -0.2) is 9.79 Å². The molecule has 0 saturated carbocycles. The standard InChI is InChI=1S/C15H11NO2.C2H6.CH3.Y/c1-10-6-8-11(9-7-10)16-14-12-4-2-3-5-13(12)15(17)18-14;1-2;;/h2-9H,1H3;1-2H3;1H3;/q;;-1;. The molecule has 1 heterocycles. The minimum atomic E-state index is -0.337. The van der Waals surface area contributed by atoms with E-state index in [2.05, 4.69) is 4.99 Å². The largest absolute Gasteiger partial charge is 0.403 e. The summed E-state index contributed by atoms with van der Waals surface area (Å²) in [5, 5.41) is 0. The van der Waals surface area contributed by atoms with Gasteiger partial charge >= 0.3 is 5.97 Å². The maximum atomic E-state index is 11.6. The molecule has 1 radical (unpaired) electrons. The number of rotatable bonds is 1. The van der Waals surface area contributed by atoms with Gasteiger partial charge < -0.3 is 12.2 Å². The fraction of sp³-hybridized carbons (Fsp3) is 0.167. The quantitative estimate of drug-likeness (QED) is 0.538. The van der Waals surface area contributed by atoms with Crippen LogP contribution in [0.15, 0.2) is 53.5 Å². The smallest absolute Gasteiger partial charge is 0.345 e. The van der Waals surface area contributed by atoms with Gasteiger partial charge in [0.25, 0.3) is 0 Å². The number of fused-ring (bicyclic) bond motifs is 1. The molecule has 3 nitrogen and oxygen atoms in total. The molecule has 0 bridgehead atoms. The summed E-state index contributed by atoms with van der Waals surface area (Å²) in [5.41, 5.74) is 3.27. The molecule has 1 aliphatic heterocycles. The Bertz CT molecular complexity index is 648. The van der Waals surface area contributed by atoms with E-state index < -0.39 is 0 Å². The maximum Gasteiger partial charge on any atom is 0.345 e. The number of esters is 1. The molecule has 3 rings (SSSR count). The number of cyclic esters (lactones) is 1. The summed E-state index contributed by atoms with van der Waals surface area (Å²) < 4.78 is 5.18. The maximum absolute atomic E-state index is 11.6. The molecule has 2 aromatic carbocycles. The van der Waals surface area contributed by atoms with Crippen LogP contribution in [0.4, 0.5) is 5.69 Å². The van der Waals surface area contributed by atoms with Crippen molar-refractivity contribution in [3.63, 3.8) is 0 Å². The van der Waals surface area contributed by atoms with Crippen LogP contribution in [0.25, 0.3) is 0 Å². The van der Waals surface area contributed by atoms with Gasteiger partial charge in [0.1, 0.15) is 0 Å². The van der Waals surface area contributed by atoms with E-state index in [-0.39, 0.29) is 46.1 Å². The third-order valence-electron chi connectivity index (χ3n) is 2.83. The van der Waals surface area contributed by atoms with Crippen LogP contribution in [-0.2, 0) is 37.4 Å². The number of hydrogen-bond acceptors (Lipinski definition) is 3. The molecule has 1 aliphatic rings. The number of nitrogens with zero attached hydrogens (tertiary/aromatic N) is 1. The van der Waals surface area contributed by atoms with Crippen LogP contribution in [0.3, 0.4) is 0 Å². The van der Waals surface area contributed by atoms with Crippen molar-refractivity contribution in [3.8, 4) is 0 Å². The summed E-state index contributed by atoms with van der Waals surface area (Å²) in [6, 6.07) is 15.0. The van der Waals surface area contributed by atoms with Crippen molar-refractivity contribution < 1.29 is 42.2 Å². The average molecular weight is 371 g/mol. The van der Waals surface area contributed by atoms with Crippen molar-refractivity contribution in [1.29, 1.82) is 0 Å². The van der Waals surface area contributed by atoms with Crippen LogP contribution in [-0.4, -0.2) is 11.9 Å². The third kappa shape index (κ3) is 4.59. The second-order valence-corrected chi connectivity index (χ2v) is 4.19. The molecule has 0 aromatic heterocycles. The second kappa shape index (κ2) is 9.65. The predicted octanol–water partition coefficient (Wildman–Crippen LogP) is 4.72. The Morgan fingerprint density at radius 1 is 0.909 bits per heavy atom. The summed E-state index contributed by atoms with van der Waals surface area (Å²) in [6.45, 7) is 6.02. The van der Waals surface area contributed by atoms with Gasteiger partial charge in [-0.1, -0.05) is 43.7 Å². The first-order valence-corrected chi connectivity index (χ1v) is 6.71. The van der Waals surface area contributed by atoms with Gasteiger partial charge in [0, 0.05) is 32.7 Å². The summed E-state index contributed by atoms with van der Waals surface area (Å²) in [7, 11) is 0. The van der Waals surface area contributed by atoms with Gasteiger partial charge in [-0.3, -0.25) is 0 Å². The SMILES string of the molecule is CC.Cc1ccc(N=C2OC(=O)c3ccccc32)cc1.[CH3-].[Y]. The number of carbonyl (C=O) groups is 1. The van der Waals surface area contributed by atoms with E-state index in [4.69, 9.17) is 4.74 Å². The van der Waals surface area contributed by atoms with E-state index in [1.807, 2.05) is 63.2 Å². The van der Waals surface area contributed by atoms with Crippen molar-refractivity contribution in [1.82, 2.24) is 0 Å². The number of ether oxygens (including phenoxy) is 1. The normalized spacial score (nSPS) is 13.0. The Morgan fingerprint density at radius 2 is 1.45 bits per heavy atom. The molecule has 0 atom stereocenters. The van der Waals surface area contributed by atoms with Crippen molar-refractivity contribution in [2.75, 3.05) is 0 Å². The number of carbonyl (C=O) groups excluding carboxylic acids is 1. The van der Waals surface area contributed by atoms with Crippen molar-refractivity contribution >= 4 is 17.6 Å². The van der Waals surface area contributed by atoms with Crippen molar-refractivity contribution in [2.45, 2.75) is 20.8 Å². The van der Waals surface area contributed by atoms with Crippen LogP contribution >= 0.6 is 0 Å². The topological polar surface area (TPSA) is 38.7 Å². The molecular weight excluding hydrogens is 351 g/mol. The van der Waals surface area contributed by atoms with E-state index in [1.165, 1.54) is 5.56 Å². The summed E-state index contributed by atoms with van der Waals surface area (Å²) >= 11 is 0. The van der Waals surface area contributed by atoms with E-state index >= 15 is 0 Å². The molecule has 0 aliphatic carbocycles. The van der Waals surface area contributed by atoms with Gasteiger partial charge in [-0.05, 0) is 31.2 Å². The van der Waals surface area contributed by atoms with E-state index in [0.717, 1.165) is 11.3 Å². The van der Waals surface area contributed by atoms with Crippen molar-refractivity contribution in [2.24, 2.45) is 4.99 Å². The van der Waals surface area contributed by atoms with Gasteiger partial charge in [0.05, 0.1) is 16.8 Å². The summed E-state index contributed by atoms with van der Waals surface area (Å²) in [5.74, 6) is 0.0379. The van der Waals surface area contributed by atoms with E-state index in [1.54, 1.807) is 6.07 Å². The molecule has 0 amide bonds. The molecule has 113 valence electrons. The zero-order chi connectivity index (χ0) is 14.5. The molecule has 22 heavy (non-hydrogen) atoms. The first-order valence-electron chi connectivity index (χ1n) is 6.71. The number of aryl methyl sites for hydroxylation is 1. The predicted molar refractivity (Wildman–Crippen MR) is 87.0 cm³/mol. The Morgan fingerprint density at radius 3 is 2.05 bits per heavy atom. The van der Waals surface area contributed by atoms with E-state index in [0.29, 0.717) is 11.5 Å². The first kappa shape index (κ1) is 20.7. The minimum absolute atomic E-state index is 0. The Labute approximate surface area is 157 Å². The first-order chi connectivity index (χ1) is 9.74. The Kier molecular flexibility index (Phi) is 9.07. The molecule has 0 fully saturated rings. The molecule has 2 aromatic rings. The summed E-state index contributed by atoms with van der Waals surface area (Å²) in [4.78, 5) is 16.0. The molecule has 0 N–H and O–H groups in total. The second-order valence-electron chi connectivity index (χ2n) is 4.19. The van der Waals surface area contributed by atoms with Crippen LogP contribution in [0.2, 0.25) is 0 Å². The van der Waals surface area contributed by atoms with Gasteiger partial charge in [-0.2, -0.15) is 0 Å². The monoisotopic (exact) mass is 371 g/mol. The zero-order valence-corrected chi connectivity index (χ0v) is 16.3. The van der Waals surface area contributed by atoms with Crippen molar-refractivity contribution in [3.05, 3.63) is 72.6 Å². The minimum Gasteiger partial charge on any atom is -0.403 e. The molecule has 0 unspecified atom stereocenters. The van der Waals surface area contributed by atoms with Gasteiger partial charge in [0.15, 0.2) is 0 Å². The van der Waals surface area contributed by atoms with Crippen LogP contribution in [0.1, 0.15) is 35.3 Å². The number of aliphatic imine (C=N–C) groups is 1. The van der Waals surface area contributed by atoms with Crippen LogP contribution in [0.5, 0.6) is 0 Å². The molecular formula is C18H20NO2Y-. The molecule has 4 heteroatoms. The summed E-state index contributed by atoms with van der Waals surface area (Å²) in [6.07, 6.45) is 0. The number of hydrogen-bond donors (Lipinski definition) is 0. The number of benzene rings is 2. The molecule has 0 spiro atoms. The Balaban J connectivity index is 0.00000106. The van der Waals surface area contributed by atoms with Gasteiger partial charge in [-0.15, -0.1) is 0 Å². The average Bonchev–Trinajstić information content (AvgIpc) is 2.81.